The maximum absolute atomic E-state index is 13.5. The van der Waals surface area contributed by atoms with Crippen molar-refractivity contribution in [3.8, 4) is 5.75 Å². The molecule has 0 aliphatic carbocycles. The molecule has 0 amide bonds. The molecular formula is C20H25O5P. The Bertz CT molecular complexity index is 750. The van der Waals surface area contributed by atoms with Crippen LogP contribution in [0.3, 0.4) is 0 Å². The number of Topliss-reactive ketones (excluding diaryl/α,β-unsaturated/α-hetero) is 1. The molecule has 1 atom stereocenters. The van der Waals surface area contributed by atoms with Gasteiger partial charge in [0, 0.05) is 17.5 Å². The van der Waals surface area contributed by atoms with E-state index >= 15 is 0 Å². The van der Waals surface area contributed by atoms with Gasteiger partial charge in [-0.25, -0.2) is 0 Å². The van der Waals surface area contributed by atoms with E-state index in [2.05, 4.69) is 0 Å². The summed E-state index contributed by atoms with van der Waals surface area (Å²) in [6.45, 7) is 3.96. The molecule has 0 aliphatic rings. The fourth-order valence-electron chi connectivity index (χ4n) is 2.83. The predicted molar refractivity (Wildman–Crippen MR) is 102 cm³/mol. The second-order valence-corrected chi connectivity index (χ2v) is 7.85. The molecule has 2 aromatic rings. The van der Waals surface area contributed by atoms with Gasteiger partial charge in [0.05, 0.1) is 26.0 Å². The summed E-state index contributed by atoms with van der Waals surface area (Å²) < 4.78 is 30.0. The van der Waals surface area contributed by atoms with E-state index in [-0.39, 0.29) is 25.4 Å². The van der Waals surface area contributed by atoms with Crippen molar-refractivity contribution in [3.63, 3.8) is 0 Å². The molecule has 2 aromatic carbocycles. The van der Waals surface area contributed by atoms with Gasteiger partial charge in [0.1, 0.15) is 5.75 Å². The van der Waals surface area contributed by atoms with E-state index in [1.807, 2.05) is 18.2 Å². The molecule has 1 unspecified atom stereocenters. The van der Waals surface area contributed by atoms with Gasteiger partial charge in [-0.05, 0) is 19.9 Å². The zero-order valence-corrected chi connectivity index (χ0v) is 16.3. The van der Waals surface area contributed by atoms with Crippen molar-refractivity contribution in [2.45, 2.75) is 25.9 Å². The van der Waals surface area contributed by atoms with E-state index in [0.717, 1.165) is 0 Å². The van der Waals surface area contributed by atoms with Crippen LogP contribution in [0.2, 0.25) is 0 Å². The third-order valence-electron chi connectivity index (χ3n) is 3.97. The molecule has 0 saturated heterocycles. The molecule has 0 spiro atoms. The number of hydrogen-bond donors (Lipinski definition) is 0. The Hall–Kier alpha value is -1.94. The van der Waals surface area contributed by atoms with Crippen LogP contribution in [0.1, 0.15) is 41.8 Å². The topological polar surface area (TPSA) is 61.8 Å². The standard InChI is InChI=1S/C20H25O5P/c1-4-24-26(22,25-5-2)20(17-13-9-10-14-19(17)23-3)15-18(21)16-11-7-6-8-12-16/h6-14,20H,4-5,15H2,1-3H3. The maximum atomic E-state index is 13.5. The Labute approximate surface area is 154 Å². The van der Waals surface area contributed by atoms with Crippen LogP contribution in [0.25, 0.3) is 0 Å². The zero-order valence-electron chi connectivity index (χ0n) is 15.4. The number of rotatable bonds is 10. The first-order chi connectivity index (χ1) is 12.6. The van der Waals surface area contributed by atoms with Crippen LogP contribution in [0.4, 0.5) is 0 Å². The average molecular weight is 376 g/mol. The number of methoxy groups -OCH3 is 1. The lowest BCUT2D eigenvalue weighted by molar-refractivity contribution is 0.0973. The number of hydrogen-bond acceptors (Lipinski definition) is 5. The zero-order chi connectivity index (χ0) is 19.0. The van der Waals surface area contributed by atoms with Gasteiger partial charge in [-0.15, -0.1) is 0 Å². The van der Waals surface area contributed by atoms with Crippen molar-refractivity contribution in [3.05, 3.63) is 65.7 Å². The number of ketones is 1. The molecule has 0 radical (unpaired) electrons. The summed E-state index contributed by atoms with van der Waals surface area (Å²) in [5.74, 6) is 0.430. The first-order valence-electron chi connectivity index (χ1n) is 8.65. The molecule has 0 aliphatic heterocycles. The number of carbonyl (C=O) groups is 1. The average Bonchev–Trinajstić information content (AvgIpc) is 2.67. The highest BCUT2D eigenvalue weighted by Gasteiger charge is 2.40. The third-order valence-corrected chi connectivity index (χ3v) is 6.43. The van der Waals surface area contributed by atoms with E-state index in [1.165, 1.54) is 0 Å². The Morgan fingerprint density at radius 1 is 0.962 bits per heavy atom. The number of benzene rings is 2. The lowest BCUT2D eigenvalue weighted by atomic mass is 10.0. The molecule has 0 heterocycles. The first kappa shape index (κ1) is 20.4. The number of carbonyl (C=O) groups excluding carboxylic acids is 1. The Balaban J connectivity index is 2.47. The lowest BCUT2D eigenvalue weighted by Crippen LogP contribution is -2.13. The summed E-state index contributed by atoms with van der Waals surface area (Å²) in [6, 6.07) is 16.2. The molecule has 0 aromatic heterocycles. The Kier molecular flexibility index (Phi) is 7.58. The van der Waals surface area contributed by atoms with Crippen molar-refractivity contribution in [2.24, 2.45) is 0 Å². The summed E-state index contributed by atoms with van der Waals surface area (Å²) >= 11 is 0. The second-order valence-electron chi connectivity index (χ2n) is 5.63. The first-order valence-corrected chi connectivity index (χ1v) is 10.3. The van der Waals surface area contributed by atoms with Crippen molar-refractivity contribution in [2.75, 3.05) is 20.3 Å². The van der Waals surface area contributed by atoms with Crippen LogP contribution in [-0.4, -0.2) is 26.1 Å². The molecule has 6 heteroatoms. The van der Waals surface area contributed by atoms with Crippen LogP contribution >= 0.6 is 7.60 Å². The van der Waals surface area contributed by atoms with E-state index in [0.29, 0.717) is 16.9 Å². The Morgan fingerprint density at radius 3 is 2.12 bits per heavy atom. The molecule has 0 N–H and O–H groups in total. The second kappa shape index (κ2) is 9.67. The van der Waals surface area contributed by atoms with Crippen molar-refractivity contribution in [1.82, 2.24) is 0 Å². The van der Waals surface area contributed by atoms with Gasteiger partial charge in [-0.1, -0.05) is 48.5 Å². The van der Waals surface area contributed by atoms with Gasteiger partial charge < -0.3 is 13.8 Å². The van der Waals surface area contributed by atoms with Crippen LogP contribution in [0.15, 0.2) is 54.6 Å². The monoisotopic (exact) mass is 376 g/mol. The predicted octanol–water partition coefficient (Wildman–Crippen LogP) is 5.28. The quantitative estimate of drug-likeness (QED) is 0.417. The fourth-order valence-corrected chi connectivity index (χ4v) is 4.93. The van der Waals surface area contributed by atoms with E-state index in [1.54, 1.807) is 57.4 Å². The third kappa shape index (κ3) is 4.82. The van der Waals surface area contributed by atoms with Gasteiger partial charge in [0.25, 0.3) is 0 Å². The minimum Gasteiger partial charge on any atom is -0.496 e. The highest BCUT2D eigenvalue weighted by atomic mass is 31.2. The van der Waals surface area contributed by atoms with Crippen LogP contribution in [0.5, 0.6) is 5.75 Å². The molecule has 5 nitrogen and oxygen atoms in total. The highest BCUT2D eigenvalue weighted by Crippen LogP contribution is 2.63. The summed E-state index contributed by atoms with van der Waals surface area (Å²) in [4.78, 5) is 12.8. The van der Waals surface area contributed by atoms with Crippen molar-refractivity contribution >= 4 is 13.4 Å². The normalized spacial score (nSPS) is 12.6. The largest absolute Gasteiger partial charge is 0.496 e. The smallest absolute Gasteiger partial charge is 0.338 e. The van der Waals surface area contributed by atoms with Crippen LogP contribution < -0.4 is 4.74 Å². The maximum Gasteiger partial charge on any atom is 0.338 e. The Morgan fingerprint density at radius 2 is 1.54 bits per heavy atom. The van der Waals surface area contributed by atoms with Gasteiger partial charge in [-0.3, -0.25) is 9.36 Å². The molecular weight excluding hydrogens is 351 g/mol. The molecule has 0 fully saturated rings. The van der Waals surface area contributed by atoms with E-state index in [9.17, 15) is 9.36 Å². The minimum absolute atomic E-state index is 0.00165. The lowest BCUT2D eigenvalue weighted by Gasteiger charge is -2.27. The van der Waals surface area contributed by atoms with Crippen LogP contribution in [0, 0.1) is 0 Å². The minimum atomic E-state index is -3.57. The van der Waals surface area contributed by atoms with Gasteiger partial charge in [0.2, 0.25) is 0 Å². The molecule has 26 heavy (non-hydrogen) atoms. The van der Waals surface area contributed by atoms with Crippen molar-refractivity contribution < 1.29 is 23.1 Å². The summed E-state index contributed by atoms with van der Waals surface area (Å²) in [5.41, 5.74) is 0.461. The van der Waals surface area contributed by atoms with Gasteiger partial charge in [-0.2, -0.15) is 0 Å². The molecule has 140 valence electrons. The number of ether oxygens (including phenoxy) is 1. The van der Waals surface area contributed by atoms with Gasteiger partial charge in [0.15, 0.2) is 5.78 Å². The summed E-state index contributed by atoms with van der Waals surface area (Å²) in [6.07, 6.45) is 0.00165. The van der Waals surface area contributed by atoms with E-state index < -0.39 is 13.3 Å². The molecule has 2 rings (SSSR count). The highest BCUT2D eigenvalue weighted by molar-refractivity contribution is 7.54. The summed E-state index contributed by atoms with van der Waals surface area (Å²) in [5, 5.41) is 0. The fraction of sp³-hybridized carbons (Fsp3) is 0.350. The van der Waals surface area contributed by atoms with Gasteiger partial charge >= 0.3 is 7.60 Å². The summed E-state index contributed by atoms with van der Waals surface area (Å²) in [7, 11) is -2.02. The SMILES string of the molecule is CCOP(=O)(OCC)C(CC(=O)c1ccccc1)c1ccccc1OC. The number of para-hydroxylation sites is 1. The molecule has 0 bridgehead atoms. The van der Waals surface area contributed by atoms with Crippen LogP contribution in [-0.2, 0) is 13.6 Å². The van der Waals surface area contributed by atoms with Crippen molar-refractivity contribution in [1.29, 1.82) is 0 Å². The molecule has 0 saturated carbocycles. The van der Waals surface area contributed by atoms with E-state index in [4.69, 9.17) is 13.8 Å².